The van der Waals surface area contributed by atoms with Crippen molar-refractivity contribution in [3.8, 4) is 0 Å². The zero-order valence-electron chi connectivity index (χ0n) is 15.6. The van der Waals surface area contributed by atoms with Crippen LogP contribution in [0, 0.1) is 5.41 Å². The Labute approximate surface area is 165 Å². The summed E-state index contributed by atoms with van der Waals surface area (Å²) >= 11 is 1.90. The highest BCUT2D eigenvalue weighted by molar-refractivity contribution is 8.01. The quantitative estimate of drug-likeness (QED) is 0.683. The minimum atomic E-state index is -0.274. The molecule has 2 aliphatic rings. The van der Waals surface area contributed by atoms with Crippen LogP contribution in [0.15, 0.2) is 85.0 Å². The normalized spacial score (nSPS) is 24.3. The van der Waals surface area contributed by atoms with E-state index in [1.165, 1.54) is 11.1 Å². The van der Waals surface area contributed by atoms with Crippen LogP contribution in [0.4, 0.5) is 0 Å². The van der Waals surface area contributed by atoms with Crippen molar-refractivity contribution in [2.75, 3.05) is 0 Å². The molecule has 1 N–H and O–H groups in total. The van der Waals surface area contributed by atoms with Gasteiger partial charge in [-0.05, 0) is 24.0 Å². The number of β-lactam (4-membered cyclic amide) rings is 1. The number of carbonyl (C=O) groups is 1. The lowest BCUT2D eigenvalue weighted by Gasteiger charge is -2.52. The van der Waals surface area contributed by atoms with Crippen molar-refractivity contribution in [1.82, 2.24) is 5.32 Å². The summed E-state index contributed by atoms with van der Waals surface area (Å²) in [4.78, 5) is 11.6. The second-order valence-corrected chi connectivity index (χ2v) is 8.71. The van der Waals surface area contributed by atoms with Crippen LogP contribution in [0.3, 0.4) is 0 Å². The number of amides is 1. The fraction of sp³-hybridized carbons (Fsp3) is 0.292. The Morgan fingerprint density at radius 1 is 1.04 bits per heavy atom. The van der Waals surface area contributed by atoms with Gasteiger partial charge in [-0.25, -0.2) is 0 Å². The van der Waals surface area contributed by atoms with E-state index >= 15 is 0 Å². The lowest BCUT2D eigenvalue weighted by Crippen LogP contribution is -2.52. The third-order valence-electron chi connectivity index (χ3n) is 5.85. The van der Waals surface area contributed by atoms with Gasteiger partial charge in [0, 0.05) is 5.41 Å². The molecule has 1 aliphatic heterocycles. The molecule has 0 spiro atoms. The van der Waals surface area contributed by atoms with E-state index in [0.717, 1.165) is 12.8 Å². The van der Waals surface area contributed by atoms with Crippen molar-refractivity contribution >= 4 is 17.7 Å². The number of thioether (sulfide) groups is 1. The van der Waals surface area contributed by atoms with Crippen molar-refractivity contribution in [1.29, 1.82) is 0 Å². The average Bonchev–Trinajstić information content (AvgIpc) is 2.72. The van der Waals surface area contributed by atoms with Crippen molar-refractivity contribution in [2.45, 2.75) is 36.3 Å². The Balaban J connectivity index is 1.95. The Kier molecular flexibility index (Phi) is 4.96. The van der Waals surface area contributed by atoms with Gasteiger partial charge in [0.1, 0.15) is 0 Å². The predicted octanol–water partition coefficient (Wildman–Crippen LogP) is 5.42. The van der Waals surface area contributed by atoms with E-state index in [4.69, 9.17) is 0 Å². The molecule has 3 heteroatoms. The number of hydrogen-bond acceptors (Lipinski definition) is 2. The van der Waals surface area contributed by atoms with E-state index < -0.39 is 0 Å². The molecule has 2 aromatic rings. The van der Waals surface area contributed by atoms with Crippen molar-refractivity contribution in [3.05, 3.63) is 96.1 Å². The van der Waals surface area contributed by atoms with Gasteiger partial charge in [-0.1, -0.05) is 91.9 Å². The zero-order chi connectivity index (χ0) is 18.7. The largest absolute Gasteiger partial charge is 0.344 e. The molecule has 0 radical (unpaired) electrons. The summed E-state index contributed by atoms with van der Waals surface area (Å²) in [5.41, 5.74) is 2.53. The predicted molar refractivity (Wildman–Crippen MR) is 113 cm³/mol. The van der Waals surface area contributed by atoms with Gasteiger partial charge in [0.15, 0.2) is 0 Å². The van der Waals surface area contributed by atoms with Gasteiger partial charge >= 0.3 is 0 Å². The zero-order valence-corrected chi connectivity index (χ0v) is 16.4. The maximum atomic E-state index is 11.6. The molecule has 27 heavy (non-hydrogen) atoms. The average molecular weight is 376 g/mol. The highest BCUT2D eigenvalue weighted by Crippen LogP contribution is 2.61. The molecule has 2 nitrogen and oxygen atoms in total. The molecule has 0 saturated carbocycles. The summed E-state index contributed by atoms with van der Waals surface area (Å²) in [7, 11) is 0. The molecule has 1 fully saturated rings. The van der Waals surface area contributed by atoms with Crippen LogP contribution in [0.5, 0.6) is 0 Å². The van der Waals surface area contributed by atoms with Crippen LogP contribution in [0.2, 0.25) is 0 Å². The minimum absolute atomic E-state index is 0.0601. The third kappa shape index (κ3) is 3.04. The molecular formula is C24H25NOS. The molecule has 2 aromatic carbocycles. The number of benzene rings is 2. The molecule has 2 atom stereocenters. The molecule has 1 heterocycles. The summed E-state index contributed by atoms with van der Waals surface area (Å²) in [6.07, 6.45) is 11.6. The summed E-state index contributed by atoms with van der Waals surface area (Å²) in [6, 6.07) is 21.6. The lowest BCUT2D eigenvalue weighted by molar-refractivity contribution is -0.126. The molecule has 138 valence electrons. The fourth-order valence-electron chi connectivity index (χ4n) is 4.39. The first-order valence-electron chi connectivity index (χ1n) is 9.63. The van der Waals surface area contributed by atoms with Gasteiger partial charge in [-0.2, -0.15) is 0 Å². The van der Waals surface area contributed by atoms with Crippen LogP contribution in [-0.4, -0.2) is 11.3 Å². The van der Waals surface area contributed by atoms with E-state index in [0.29, 0.717) is 6.42 Å². The van der Waals surface area contributed by atoms with Crippen molar-refractivity contribution in [2.24, 2.45) is 5.41 Å². The van der Waals surface area contributed by atoms with E-state index in [2.05, 4.69) is 97.2 Å². The topological polar surface area (TPSA) is 29.1 Å². The molecular weight excluding hydrogens is 350 g/mol. The summed E-state index contributed by atoms with van der Waals surface area (Å²) in [5, 5.41) is 3.24. The fourth-order valence-corrected chi connectivity index (χ4v) is 6.32. The summed E-state index contributed by atoms with van der Waals surface area (Å²) in [6.45, 7) is 2.28. The lowest BCUT2D eigenvalue weighted by atomic mass is 9.63. The van der Waals surface area contributed by atoms with Gasteiger partial charge in [0.2, 0.25) is 5.91 Å². The van der Waals surface area contributed by atoms with Crippen LogP contribution in [0.25, 0.3) is 0 Å². The SMILES string of the molecule is CCC1(C(SC2CC(=O)N2)(c2ccccc2)c2ccccc2)C=CC=CC1. The van der Waals surface area contributed by atoms with Crippen molar-refractivity contribution < 1.29 is 4.79 Å². The van der Waals surface area contributed by atoms with E-state index in [1.54, 1.807) is 0 Å². The number of nitrogens with one attached hydrogen (secondary N) is 1. The molecule has 0 bridgehead atoms. The molecule has 0 aromatic heterocycles. The first-order chi connectivity index (χ1) is 13.2. The van der Waals surface area contributed by atoms with Gasteiger partial charge in [0.05, 0.1) is 16.5 Å². The second kappa shape index (κ2) is 7.40. The first kappa shape index (κ1) is 18.1. The number of carbonyl (C=O) groups excluding carboxylic acids is 1. The maximum absolute atomic E-state index is 11.6. The standard InChI is InChI=1S/C24H25NOS/c1-2-23(16-10-5-11-17-23)24(19-12-6-3-7-13-19,20-14-8-4-9-15-20)27-22-18-21(26)25-22/h3-16,22H,2,17-18H2,1H3,(H,25,26). The van der Waals surface area contributed by atoms with Crippen LogP contribution >= 0.6 is 11.8 Å². The monoisotopic (exact) mass is 375 g/mol. The Hall–Kier alpha value is -2.26. The van der Waals surface area contributed by atoms with Crippen LogP contribution in [-0.2, 0) is 9.54 Å². The third-order valence-corrected chi connectivity index (χ3v) is 7.65. The number of allylic oxidation sites excluding steroid dienone is 4. The Bertz CT molecular complexity index is 811. The highest BCUT2D eigenvalue weighted by Gasteiger charge is 2.53. The number of rotatable bonds is 6. The summed E-state index contributed by atoms with van der Waals surface area (Å²) in [5.74, 6) is 0.146. The second-order valence-electron chi connectivity index (χ2n) is 7.29. The molecule has 1 aliphatic carbocycles. The smallest absolute Gasteiger partial charge is 0.223 e. The first-order valence-corrected chi connectivity index (χ1v) is 10.5. The summed E-state index contributed by atoms with van der Waals surface area (Å²) < 4.78 is -0.274. The van der Waals surface area contributed by atoms with Gasteiger partial charge in [0.25, 0.3) is 0 Å². The molecule has 1 saturated heterocycles. The van der Waals surface area contributed by atoms with Gasteiger partial charge in [-0.3, -0.25) is 4.79 Å². The van der Waals surface area contributed by atoms with E-state index in [-0.39, 0.29) is 21.4 Å². The van der Waals surface area contributed by atoms with Gasteiger partial charge < -0.3 is 5.32 Å². The highest BCUT2D eigenvalue weighted by atomic mass is 32.2. The van der Waals surface area contributed by atoms with Crippen LogP contribution < -0.4 is 5.32 Å². The van der Waals surface area contributed by atoms with Crippen molar-refractivity contribution in [3.63, 3.8) is 0 Å². The maximum Gasteiger partial charge on any atom is 0.223 e. The van der Waals surface area contributed by atoms with Crippen LogP contribution in [0.1, 0.15) is 37.3 Å². The molecule has 1 amide bonds. The minimum Gasteiger partial charge on any atom is -0.344 e. The Morgan fingerprint density at radius 3 is 2.07 bits per heavy atom. The van der Waals surface area contributed by atoms with E-state index in [9.17, 15) is 4.79 Å². The number of hydrogen-bond donors (Lipinski definition) is 1. The van der Waals surface area contributed by atoms with Gasteiger partial charge in [-0.15, -0.1) is 11.8 Å². The molecule has 4 rings (SSSR count). The Morgan fingerprint density at radius 2 is 1.63 bits per heavy atom. The molecule has 2 unspecified atom stereocenters. The van der Waals surface area contributed by atoms with E-state index in [1.807, 2.05) is 11.8 Å².